The van der Waals surface area contributed by atoms with E-state index in [0.29, 0.717) is 11.5 Å². The van der Waals surface area contributed by atoms with Gasteiger partial charge in [0.15, 0.2) is 11.6 Å². The molecule has 0 bridgehead atoms. The van der Waals surface area contributed by atoms with E-state index in [0.717, 1.165) is 36.5 Å². The van der Waals surface area contributed by atoms with E-state index < -0.39 is 17.9 Å². The standard InChI is InChI=1S/C27H32F4O/c1-3-5-20-8-12-22(13-9-20)23-14-10-21(11-15-23)7-4-6-19(2)24-16-17-26(25(28)18-24)32-27(29,30)31/h6,10-11,14-18,20,22H,3-5,7-9,12-13H2,1-2H3. The predicted octanol–water partition coefficient (Wildman–Crippen LogP) is 8.83. The highest BCUT2D eigenvalue weighted by atomic mass is 19.4. The summed E-state index contributed by atoms with van der Waals surface area (Å²) < 4.78 is 54.5. The zero-order valence-electron chi connectivity index (χ0n) is 18.9. The number of aryl methyl sites for hydroxylation is 1. The number of allylic oxidation sites excluding steroid dienone is 2. The van der Waals surface area contributed by atoms with Gasteiger partial charge in [-0.2, -0.15) is 0 Å². The van der Waals surface area contributed by atoms with Crippen molar-refractivity contribution >= 4 is 5.57 Å². The summed E-state index contributed by atoms with van der Waals surface area (Å²) in [5, 5.41) is 0. The second kappa shape index (κ2) is 11.0. The molecule has 0 saturated heterocycles. The van der Waals surface area contributed by atoms with Crippen LogP contribution in [0.5, 0.6) is 5.75 Å². The monoisotopic (exact) mass is 448 g/mol. The number of hydrogen-bond donors (Lipinski definition) is 0. The number of benzene rings is 2. The largest absolute Gasteiger partial charge is 0.573 e. The maximum absolute atomic E-state index is 13.9. The maximum atomic E-state index is 13.9. The van der Waals surface area contributed by atoms with Crippen LogP contribution in [-0.4, -0.2) is 6.36 Å². The van der Waals surface area contributed by atoms with Crippen LogP contribution in [0.15, 0.2) is 48.5 Å². The fourth-order valence-electron chi connectivity index (χ4n) is 4.68. The second-order valence-electron chi connectivity index (χ2n) is 8.87. The molecule has 0 unspecified atom stereocenters. The predicted molar refractivity (Wildman–Crippen MR) is 121 cm³/mol. The molecule has 0 amide bonds. The van der Waals surface area contributed by atoms with Gasteiger partial charge in [0.25, 0.3) is 0 Å². The van der Waals surface area contributed by atoms with Crippen molar-refractivity contribution in [1.29, 1.82) is 0 Å². The third-order valence-corrected chi connectivity index (χ3v) is 6.49. The van der Waals surface area contributed by atoms with Crippen LogP contribution in [0, 0.1) is 11.7 Å². The van der Waals surface area contributed by atoms with Gasteiger partial charge in [0, 0.05) is 0 Å². The third kappa shape index (κ3) is 7.11. The summed E-state index contributed by atoms with van der Waals surface area (Å²) in [6.45, 7) is 4.10. The highest BCUT2D eigenvalue weighted by Crippen LogP contribution is 2.37. The third-order valence-electron chi connectivity index (χ3n) is 6.49. The minimum atomic E-state index is -4.91. The molecule has 5 heteroatoms. The Morgan fingerprint density at radius 1 is 1.03 bits per heavy atom. The second-order valence-corrected chi connectivity index (χ2v) is 8.87. The Morgan fingerprint density at radius 3 is 2.31 bits per heavy atom. The summed E-state index contributed by atoms with van der Waals surface area (Å²) in [4.78, 5) is 0. The van der Waals surface area contributed by atoms with E-state index in [-0.39, 0.29) is 0 Å². The molecule has 1 nitrogen and oxygen atoms in total. The summed E-state index contributed by atoms with van der Waals surface area (Å²) >= 11 is 0. The zero-order chi connectivity index (χ0) is 23.1. The highest BCUT2D eigenvalue weighted by Gasteiger charge is 2.32. The summed E-state index contributed by atoms with van der Waals surface area (Å²) in [5.74, 6) is -0.245. The molecule has 1 aliphatic rings. The normalized spacial score (nSPS) is 19.8. The Morgan fingerprint density at radius 2 is 1.72 bits per heavy atom. The Labute approximate surface area is 188 Å². The zero-order valence-corrected chi connectivity index (χ0v) is 18.9. The molecule has 0 aromatic heterocycles. The molecule has 1 saturated carbocycles. The molecule has 2 aromatic rings. The molecule has 3 rings (SSSR count). The van der Waals surface area contributed by atoms with Gasteiger partial charge in [-0.3, -0.25) is 0 Å². The van der Waals surface area contributed by atoms with Crippen LogP contribution in [-0.2, 0) is 6.42 Å². The Bertz CT molecular complexity index is 891. The molecular weight excluding hydrogens is 416 g/mol. The van der Waals surface area contributed by atoms with E-state index in [1.807, 2.05) is 13.0 Å². The lowest BCUT2D eigenvalue weighted by Crippen LogP contribution is -2.17. The van der Waals surface area contributed by atoms with Crippen LogP contribution in [0.25, 0.3) is 5.57 Å². The molecule has 0 spiro atoms. The first kappa shape index (κ1) is 24.3. The number of hydrogen-bond acceptors (Lipinski definition) is 1. The number of rotatable bonds is 8. The average Bonchev–Trinajstić information content (AvgIpc) is 2.75. The number of alkyl halides is 3. The molecule has 0 heterocycles. The summed E-state index contributed by atoms with van der Waals surface area (Å²) in [5.41, 5.74) is 4.05. The van der Waals surface area contributed by atoms with Crippen molar-refractivity contribution in [2.75, 3.05) is 0 Å². The van der Waals surface area contributed by atoms with Gasteiger partial charge in [0.05, 0.1) is 0 Å². The van der Waals surface area contributed by atoms with Gasteiger partial charge >= 0.3 is 6.36 Å². The van der Waals surface area contributed by atoms with Gasteiger partial charge in [-0.25, -0.2) is 4.39 Å². The quantitative estimate of drug-likeness (QED) is 0.367. The van der Waals surface area contributed by atoms with Crippen LogP contribution >= 0.6 is 0 Å². The van der Waals surface area contributed by atoms with Gasteiger partial charge < -0.3 is 4.74 Å². The van der Waals surface area contributed by atoms with E-state index in [1.54, 1.807) is 0 Å². The molecule has 0 N–H and O–H groups in total. The van der Waals surface area contributed by atoms with Crippen LogP contribution in [0.4, 0.5) is 17.6 Å². The lowest BCUT2D eigenvalue weighted by Gasteiger charge is -2.28. The average molecular weight is 449 g/mol. The van der Waals surface area contributed by atoms with Crippen molar-refractivity contribution in [2.24, 2.45) is 5.92 Å². The van der Waals surface area contributed by atoms with E-state index in [9.17, 15) is 17.6 Å². The molecule has 1 fully saturated rings. The lowest BCUT2D eigenvalue weighted by atomic mass is 9.77. The summed E-state index contributed by atoms with van der Waals surface area (Å²) in [6.07, 6.45) is 6.61. The lowest BCUT2D eigenvalue weighted by molar-refractivity contribution is -0.275. The van der Waals surface area contributed by atoms with E-state index in [2.05, 4.69) is 35.9 Å². The minimum absolute atomic E-state index is 0.547. The van der Waals surface area contributed by atoms with Gasteiger partial charge in [-0.05, 0) is 91.7 Å². The minimum Gasteiger partial charge on any atom is -0.403 e. The van der Waals surface area contributed by atoms with Crippen molar-refractivity contribution in [3.05, 3.63) is 71.0 Å². The molecule has 1 aliphatic carbocycles. The molecule has 0 radical (unpaired) electrons. The molecule has 0 aliphatic heterocycles. The van der Waals surface area contributed by atoms with Crippen LogP contribution in [0.3, 0.4) is 0 Å². The topological polar surface area (TPSA) is 9.23 Å². The van der Waals surface area contributed by atoms with Crippen LogP contribution < -0.4 is 4.74 Å². The van der Waals surface area contributed by atoms with Gasteiger partial charge in [-0.15, -0.1) is 13.2 Å². The summed E-state index contributed by atoms with van der Waals surface area (Å²) in [7, 11) is 0. The van der Waals surface area contributed by atoms with Crippen LogP contribution in [0.2, 0.25) is 0 Å². The molecular formula is C27H32F4O. The smallest absolute Gasteiger partial charge is 0.403 e. The van der Waals surface area contributed by atoms with E-state index in [1.165, 1.54) is 55.7 Å². The molecule has 0 atom stereocenters. The number of halogens is 4. The molecule has 32 heavy (non-hydrogen) atoms. The number of ether oxygens (including phenoxy) is 1. The van der Waals surface area contributed by atoms with E-state index in [4.69, 9.17) is 0 Å². The first-order valence-electron chi connectivity index (χ1n) is 11.6. The Kier molecular flexibility index (Phi) is 8.38. The highest BCUT2D eigenvalue weighted by molar-refractivity contribution is 5.64. The van der Waals surface area contributed by atoms with Gasteiger partial charge in [0.2, 0.25) is 0 Å². The maximum Gasteiger partial charge on any atom is 0.573 e. The van der Waals surface area contributed by atoms with Crippen molar-refractivity contribution < 1.29 is 22.3 Å². The first-order chi connectivity index (χ1) is 15.2. The van der Waals surface area contributed by atoms with Crippen molar-refractivity contribution in [3.8, 4) is 5.75 Å². The fourth-order valence-corrected chi connectivity index (χ4v) is 4.68. The first-order valence-corrected chi connectivity index (χ1v) is 11.6. The Balaban J connectivity index is 1.52. The molecule has 2 aromatic carbocycles. The van der Waals surface area contributed by atoms with Crippen molar-refractivity contribution in [1.82, 2.24) is 0 Å². The SMILES string of the molecule is CCCC1CCC(c2ccc(CCC=C(C)c3ccc(OC(F)(F)F)c(F)c3)cc2)CC1. The summed E-state index contributed by atoms with van der Waals surface area (Å²) in [6, 6.07) is 12.4. The van der Waals surface area contributed by atoms with Crippen LogP contribution in [0.1, 0.15) is 81.4 Å². The fraction of sp³-hybridized carbons (Fsp3) is 0.481. The van der Waals surface area contributed by atoms with Gasteiger partial charge in [0.1, 0.15) is 0 Å². The van der Waals surface area contributed by atoms with Crippen molar-refractivity contribution in [3.63, 3.8) is 0 Å². The van der Waals surface area contributed by atoms with Crippen molar-refractivity contribution in [2.45, 2.75) is 77.5 Å². The van der Waals surface area contributed by atoms with E-state index >= 15 is 0 Å². The van der Waals surface area contributed by atoms with Gasteiger partial charge in [-0.1, -0.05) is 56.2 Å². The molecule has 174 valence electrons. The Hall–Kier alpha value is -2.30.